The first-order chi connectivity index (χ1) is 5.82. The van der Waals surface area contributed by atoms with Crippen LogP contribution in [0.3, 0.4) is 0 Å². The van der Waals surface area contributed by atoms with Crippen molar-refractivity contribution >= 4 is 0 Å². The second-order valence-corrected chi connectivity index (χ2v) is 2.25. The summed E-state index contributed by atoms with van der Waals surface area (Å²) < 4.78 is 72.4. The lowest BCUT2D eigenvalue weighted by Crippen LogP contribution is -2.10. The number of rotatable bonds is 0. The van der Waals surface area contributed by atoms with E-state index in [-0.39, 0.29) is 12.1 Å². The van der Waals surface area contributed by atoms with Gasteiger partial charge in [-0.3, -0.25) is 0 Å². The van der Waals surface area contributed by atoms with Gasteiger partial charge in [-0.05, 0) is 6.07 Å². The first-order valence-electron chi connectivity index (χ1n) is 3.04. The van der Waals surface area contributed by atoms with Crippen LogP contribution in [0.15, 0.2) is 12.1 Å². The van der Waals surface area contributed by atoms with Crippen molar-refractivity contribution in [2.45, 2.75) is 6.18 Å². The number of alkyl halides is 3. The van der Waals surface area contributed by atoms with Gasteiger partial charge in [-0.25, -0.2) is 13.2 Å². The van der Waals surface area contributed by atoms with Crippen molar-refractivity contribution in [3.63, 3.8) is 0 Å². The van der Waals surface area contributed by atoms with Gasteiger partial charge in [0, 0.05) is 6.07 Å². The Morgan fingerprint density at radius 2 is 1.46 bits per heavy atom. The van der Waals surface area contributed by atoms with Gasteiger partial charge in [-0.15, -0.1) is 0 Å². The largest absolute Gasteiger partial charge is 0.419 e. The molecule has 0 fully saturated rings. The highest BCUT2D eigenvalue weighted by molar-refractivity contribution is 5.22. The van der Waals surface area contributed by atoms with Crippen LogP contribution in [0.25, 0.3) is 0 Å². The summed E-state index contributed by atoms with van der Waals surface area (Å²) in [6.45, 7) is 0. The quantitative estimate of drug-likeness (QED) is 0.445. The Morgan fingerprint density at radius 3 is 1.92 bits per heavy atom. The van der Waals surface area contributed by atoms with Crippen molar-refractivity contribution in [1.82, 2.24) is 0 Å². The summed E-state index contributed by atoms with van der Waals surface area (Å²) in [5.74, 6) is -5.41. The van der Waals surface area contributed by atoms with Crippen LogP contribution in [0.1, 0.15) is 5.56 Å². The molecule has 0 heterocycles. The van der Waals surface area contributed by atoms with Crippen molar-refractivity contribution in [1.29, 1.82) is 0 Å². The summed E-state index contributed by atoms with van der Waals surface area (Å²) in [4.78, 5) is 0. The molecule has 0 amide bonds. The second-order valence-electron chi connectivity index (χ2n) is 2.25. The van der Waals surface area contributed by atoms with Gasteiger partial charge in [-0.1, -0.05) is 0 Å². The molecule has 0 radical (unpaired) electrons. The van der Waals surface area contributed by atoms with E-state index in [4.69, 9.17) is 0 Å². The van der Waals surface area contributed by atoms with E-state index in [1.165, 1.54) is 0 Å². The molecule has 1 aromatic carbocycles. The topological polar surface area (TPSA) is 0 Å². The maximum atomic E-state index is 12.4. The van der Waals surface area contributed by atoms with Gasteiger partial charge in [0.1, 0.15) is 5.82 Å². The van der Waals surface area contributed by atoms with Crippen molar-refractivity contribution in [3.05, 3.63) is 35.1 Å². The fourth-order valence-electron chi connectivity index (χ4n) is 0.762. The van der Waals surface area contributed by atoms with Gasteiger partial charge in [0.15, 0.2) is 11.6 Å². The van der Waals surface area contributed by atoms with Crippen LogP contribution in [-0.4, -0.2) is 0 Å². The minimum absolute atomic E-state index is 0.0462. The van der Waals surface area contributed by atoms with Crippen LogP contribution in [0.4, 0.5) is 26.3 Å². The van der Waals surface area contributed by atoms with E-state index >= 15 is 0 Å². The number of halogens is 6. The molecule has 0 bridgehead atoms. The molecule has 72 valence electrons. The molecule has 1 aromatic rings. The zero-order valence-electron chi connectivity index (χ0n) is 5.92. The predicted molar refractivity (Wildman–Crippen MR) is 31.3 cm³/mol. The maximum Gasteiger partial charge on any atom is 0.419 e. The molecule has 0 atom stereocenters. The first kappa shape index (κ1) is 9.88. The summed E-state index contributed by atoms with van der Waals surface area (Å²) in [7, 11) is 0. The lowest BCUT2D eigenvalue weighted by atomic mass is 10.2. The van der Waals surface area contributed by atoms with E-state index in [9.17, 15) is 26.3 Å². The highest BCUT2D eigenvalue weighted by Crippen LogP contribution is 2.32. The van der Waals surface area contributed by atoms with Gasteiger partial charge in [0.25, 0.3) is 0 Å². The van der Waals surface area contributed by atoms with E-state index in [1.807, 2.05) is 0 Å². The Labute approximate surface area is 68.8 Å². The summed E-state index contributed by atoms with van der Waals surface area (Å²) in [6.07, 6.45) is -5.09. The maximum absolute atomic E-state index is 12.4. The first-order valence-corrected chi connectivity index (χ1v) is 3.04. The van der Waals surface area contributed by atoms with Gasteiger partial charge in [-0.2, -0.15) is 13.2 Å². The van der Waals surface area contributed by atoms with Crippen LogP contribution < -0.4 is 0 Å². The van der Waals surface area contributed by atoms with Crippen molar-refractivity contribution < 1.29 is 26.3 Å². The molecule has 0 aromatic heterocycles. The Hall–Kier alpha value is -1.20. The highest BCUT2D eigenvalue weighted by atomic mass is 19.4. The van der Waals surface area contributed by atoms with Crippen LogP contribution in [0.5, 0.6) is 0 Å². The van der Waals surface area contributed by atoms with Gasteiger partial charge in [0.05, 0.1) is 5.56 Å². The molecule has 0 aliphatic heterocycles. The Morgan fingerprint density at radius 1 is 0.923 bits per heavy atom. The third kappa shape index (κ3) is 1.93. The standard InChI is InChI=1S/C7H2F6/c8-3-1-4(7(11,12)13)6(10)5(9)2-3/h1-2H. The van der Waals surface area contributed by atoms with E-state index in [0.29, 0.717) is 0 Å². The fourth-order valence-corrected chi connectivity index (χ4v) is 0.762. The summed E-state index contributed by atoms with van der Waals surface area (Å²) in [5, 5.41) is 0. The molecule has 0 nitrogen and oxygen atoms in total. The number of benzene rings is 1. The summed E-state index contributed by atoms with van der Waals surface area (Å²) in [5.41, 5.74) is -1.94. The van der Waals surface area contributed by atoms with Crippen LogP contribution >= 0.6 is 0 Å². The highest BCUT2D eigenvalue weighted by Gasteiger charge is 2.36. The summed E-state index contributed by atoms with van der Waals surface area (Å²) >= 11 is 0. The molecule has 0 saturated carbocycles. The van der Waals surface area contributed by atoms with Gasteiger partial charge < -0.3 is 0 Å². The van der Waals surface area contributed by atoms with Crippen molar-refractivity contribution in [3.8, 4) is 0 Å². The second kappa shape index (κ2) is 2.93. The SMILES string of the molecule is Fc1cc(F)c(F)c(C(F)(F)F)c1. The normalized spacial score (nSPS) is 11.8. The molecular weight excluding hydrogens is 198 g/mol. The molecule has 0 aliphatic rings. The minimum Gasteiger partial charge on any atom is -0.207 e. The lowest BCUT2D eigenvalue weighted by Gasteiger charge is -2.07. The van der Waals surface area contributed by atoms with Crippen molar-refractivity contribution in [2.24, 2.45) is 0 Å². The van der Waals surface area contributed by atoms with E-state index in [0.717, 1.165) is 0 Å². The predicted octanol–water partition coefficient (Wildman–Crippen LogP) is 3.12. The zero-order valence-corrected chi connectivity index (χ0v) is 5.92. The smallest absolute Gasteiger partial charge is 0.207 e. The van der Waals surface area contributed by atoms with Crippen LogP contribution in [0.2, 0.25) is 0 Å². The zero-order chi connectivity index (χ0) is 10.2. The summed E-state index contributed by atoms with van der Waals surface area (Å²) in [6, 6.07) is -0.0526. The molecule has 0 saturated heterocycles. The number of hydrogen-bond acceptors (Lipinski definition) is 0. The van der Waals surface area contributed by atoms with E-state index in [1.54, 1.807) is 0 Å². The molecule has 1 rings (SSSR count). The average Bonchev–Trinajstić information content (AvgIpc) is 1.94. The van der Waals surface area contributed by atoms with Crippen LogP contribution in [0, 0.1) is 17.5 Å². The Bertz CT molecular complexity index is 326. The third-order valence-corrected chi connectivity index (χ3v) is 1.30. The average molecular weight is 200 g/mol. The molecule has 0 spiro atoms. The Kier molecular flexibility index (Phi) is 2.23. The molecule has 0 unspecified atom stereocenters. The molecule has 0 N–H and O–H groups in total. The number of hydrogen-bond donors (Lipinski definition) is 0. The lowest BCUT2D eigenvalue weighted by molar-refractivity contribution is -0.140. The van der Waals surface area contributed by atoms with E-state index < -0.39 is 29.2 Å². The fraction of sp³-hybridized carbons (Fsp3) is 0.143. The molecule has 6 heteroatoms. The van der Waals surface area contributed by atoms with Crippen molar-refractivity contribution in [2.75, 3.05) is 0 Å². The molecule has 13 heavy (non-hydrogen) atoms. The minimum atomic E-state index is -5.09. The molecular formula is C7H2F6. The van der Waals surface area contributed by atoms with E-state index in [2.05, 4.69) is 0 Å². The third-order valence-electron chi connectivity index (χ3n) is 1.30. The monoisotopic (exact) mass is 200 g/mol. The van der Waals surface area contributed by atoms with Crippen LogP contribution in [-0.2, 0) is 6.18 Å². The molecule has 0 aliphatic carbocycles. The Balaban J connectivity index is 3.37. The van der Waals surface area contributed by atoms with Gasteiger partial charge >= 0.3 is 6.18 Å². The van der Waals surface area contributed by atoms with Gasteiger partial charge in [0.2, 0.25) is 0 Å².